The van der Waals surface area contributed by atoms with Gasteiger partial charge in [0.15, 0.2) is 0 Å². The standard InChI is InChI=1S/C20H21N3O4/c1-2-27-20(26)17-13-23(21-18(17)14-24)12-16-8-6-15(7-9-16)11-22-10-4-3-5-19(22)25/h3-10,13,24H,2,11-12,14H2,1H3. The summed E-state index contributed by atoms with van der Waals surface area (Å²) in [6.45, 7) is 2.63. The molecule has 3 aromatic rings. The number of aromatic nitrogens is 3. The van der Waals surface area contributed by atoms with Crippen LogP contribution in [-0.2, 0) is 24.4 Å². The Morgan fingerprint density at radius 3 is 2.44 bits per heavy atom. The van der Waals surface area contributed by atoms with E-state index in [4.69, 9.17) is 4.74 Å². The molecular formula is C20H21N3O4. The van der Waals surface area contributed by atoms with Gasteiger partial charge < -0.3 is 14.4 Å². The summed E-state index contributed by atoms with van der Waals surface area (Å²) >= 11 is 0. The molecule has 1 N–H and O–H groups in total. The van der Waals surface area contributed by atoms with Crippen LogP contribution in [0.5, 0.6) is 0 Å². The fourth-order valence-electron chi connectivity index (χ4n) is 2.76. The molecule has 0 saturated heterocycles. The number of pyridine rings is 1. The van der Waals surface area contributed by atoms with Crippen LogP contribution in [0.2, 0.25) is 0 Å². The fourth-order valence-corrected chi connectivity index (χ4v) is 2.76. The molecule has 0 aliphatic heterocycles. The Labute approximate surface area is 156 Å². The summed E-state index contributed by atoms with van der Waals surface area (Å²) in [5.41, 5.74) is 2.53. The first-order valence-electron chi connectivity index (χ1n) is 8.68. The summed E-state index contributed by atoms with van der Waals surface area (Å²) < 4.78 is 8.23. The van der Waals surface area contributed by atoms with E-state index in [0.29, 0.717) is 18.8 Å². The number of hydrogen-bond donors (Lipinski definition) is 1. The molecule has 2 aromatic heterocycles. The molecule has 0 unspecified atom stereocenters. The smallest absolute Gasteiger partial charge is 0.341 e. The molecule has 140 valence electrons. The number of esters is 1. The minimum Gasteiger partial charge on any atom is -0.462 e. The Hall–Kier alpha value is -3.19. The summed E-state index contributed by atoms with van der Waals surface area (Å²) in [5, 5.41) is 13.7. The van der Waals surface area contributed by atoms with Crippen LogP contribution < -0.4 is 5.56 Å². The Balaban J connectivity index is 1.72. The Morgan fingerprint density at radius 1 is 1.11 bits per heavy atom. The van der Waals surface area contributed by atoms with E-state index in [1.165, 1.54) is 6.07 Å². The average Bonchev–Trinajstić information content (AvgIpc) is 3.08. The van der Waals surface area contributed by atoms with E-state index < -0.39 is 5.97 Å². The van der Waals surface area contributed by atoms with Crippen LogP contribution in [0.1, 0.15) is 34.1 Å². The third-order valence-corrected chi connectivity index (χ3v) is 4.10. The van der Waals surface area contributed by atoms with Crippen LogP contribution in [-0.4, -0.2) is 32.0 Å². The molecule has 7 heteroatoms. The van der Waals surface area contributed by atoms with Gasteiger partial charge in [0, 0.05) is 18.5 Å². The zero-order chi connectivity index (χ0) is 19.2. The Bertz CT molecular complexity index is 973. The van der Waals surface area contributed by atoms with Gasteiger partial charge in [0.05, 0.1) is 26.3 Å². The maximum Gasteiger partial charge on any atom is 0.341 e. The molecule has 27 heavy (non-hydrogen) atoms. The number of benzene rings is 1. The monoisotopic (exact) mass is 367 g/mol. The molecule has 7 nitrogen and oxygen atoms in total. The average molecular weight is 367 g/mol. The largest absolute Gasteiger partial charge is 0.462 e. The Kier molecular flexibility index (Phi) is 5.83. The molecule has 1 aromatic carbocycles. The first-order valence-corrected chi connectivity index (χ1v) is 8.68. The second kappa shape index (κ2) is 8.46. The first-order chi connectivity index (χ1) is 13.1. The highest BCUT2D eigenvalue weighted by Crippen LogP contribution is 2.12. The van der Waals surface area contributed by atoms with E-state index in [2.05, 4.69) is 5.10 Å². The minimum atomic E-state index is -0.489. The van der Waals surface area contributed by atoms with Gasteiger partial charge in [-0.05, 0) is 24.1 Å². The number of hydrogen-bond acceptors (Lipinski definition) is 5. The molecular weight excluding hydrogens is 346 g/mol. The maximum atomic E-state index is 11.9. The van der Waals surface area contributed by atoms with Gasteiger partial charge >= 0.3 is 5.97 Å². The topological polar surface area (TPSA) is 86.4 Å². The number of aliphatic hydroxyl groups is 1. The molecule has 0 spiro atoms. The molecule has 0 radical (unpaired) electrons. The van der Waals surface area contributed by atoms with Crippen molar-refractivity contribution < 1.29 is 14.6 Å². The lowest BCUT2D eigenvalue weighted by molar-refractivity contribution is 0.0522. The van der Waals surface area contributed by atoms with Crippen molar-refractivity contribution in [3.05, 3.63) is 87.6 Å². The van der Waals surface area contributed by atoms with Crippen molar-refractivity contribution in [2.75, 3.05) is 6.61 Å². The third-order valence-electron chi connectivity index (χ3n) is 4.10. The fraction of sp³-hybridized carbons (Fsp3) is 0.250. The van der Waals surface area contributed by atoms with E-state index in [1.54, 1.807) is 34.6 Å². The van der Waals surface area contributed by atoms with Gasteiger partial charge in [0.1, 0.15) is 11.3 Å². The van der Waals surface area contributed by atoms with Crippen molar-refractivity contribution in [3.63, 3.8) is 0 Å². The lowest BCUT2D eigenvalue weighted by Gasteiger charge is -2.07. The molecule has 0 fully saturated rings. The zero-order valence-corrected chi connectivity index (χ0v) is 15.0. The summed E-state index contributed by atoms with van der Waals surface area (Å²) in [4.78, 5) is 23.7. The SMILES string of the molecule is CCOC(=O)c1cn(Cc2ccc(Cn3ccccc3=O)cc2)nc1CO. The van der Waals surface area contributed by atoms with Crippen LogP contribution in [0.25, 0.3) is 0 Å². The summed E-state index contributed by atoms with van der Waals surface area (Å²) in [6, 6.07) is 12.9. The third kappa shape index (κ3) is 4.51. The number of ether oxygens (including phenoxy) is 1. The van der Waals surface area contributed by atoms with Crippen LogP contribution >= 0.6 is 0 Å². The van der Waals surface area contributed by atoms with Gasteiger partial charge in [-0.25, -0.2) is 4.79 Å². The summed E-state index contributed by atoms with van der Waals surface area (Å²) in [7, 11) is 0. The van der Waals surface area contributed by atoms with E-state index >= 15 is 0 Å². The highest BCUT2D eigenvalue weighted by Gasteiger charge is 2.16. The van der Waals surface area contributed by atoms with Crippen LogP contribution in [0, 0.1) is 0 Å². The second-order valence-electron chi connectivity index (χ2n) is 6.05. The molecule has 0 bridgehead atoms. The number of aliphatic hydroxyl groups excluding tert-OH is 1. The molecule has 0 aliphatic carbocycles. The van der Waals surface area contributed by atoms with Gasteiger partial charge in [0.2, 0.25) is 0 Å². The molecule has 0 aliphatic rings. The van der Waals surface area contributed by atoms with Crippen molar-refractivity contribution in [2.45, 2.75) is 26.6 Å². The van der Waals surface area contributed by atoms with Crippen molar-refractivity contribution in [2.24, 2.45) is 0 Å². The van der Waals surface area contributed by atoms with Crippen LogP contribution in [0.3, 0.4) is 0 Å². The molecule has 2 heterocycles. The predicted octanol–water partition coefficient (Wildman–Crippen LogP) is 1.81. The number of carbonyl (C=O) groups is 1. The van der Waals surface area contributed by atoms with Gasteiger partial charge in [-0.2, -0.15) is 5.10 Å². The van der Waals surface area contributed by atoms with Crippen LogP contribution in [0.4, 0.5) is 0 Å². The number of carbonyl (C=O) groups excluding carboxylic acids is 1. The predicted molar refractivity (Wildman–Crippen MR) is 99.5 cm³/mol. The van der Waals surface area contributed by atoms with Gasteiger partial charge in [0.25, 0.3) is 5.56 Å². The van der Waals surface area contributed by atoms with Crippen LogP contribution in [0.15, 0.2) is 59.7 Å². The minimum absolute atomic E-state index is 0.0406. The van der Waals surface area contributed by atoms with Gasteiger partial charge in [-0.1, -0.05) is 30.3 Å². The molecule has 0 atom stereocenters. The van der Waals surface area contributed by atoms with E-state index in [-0.39, 0.29) is 24.3 Å². The van der Waals surface area contributed by atoms with E-state index in [0.717, 1.165) is 11.1 Å². The molecule has 0 amide bonds. The van der Waals surface area contributed by atoms with Crippen molar-refractivity contribution in [3.8, 4) is 0 Å². The van der Waals surface area contributed by atoms with E-state index in [1.807, 2.05) is 30.3 Å². The van der Waals surface area contributed by atoms with Crippen molar-refractivity contribution >= 4 is 5.97 Å². The van der Waals surface area contributed by atoms with Gasteiger partial charge in [-0.3, -0.25) is 9.48 Å². The quantitative estimate of drug-likeness (QED) is 0.644. The first kappa shape index (κ1) is 18.6. The van der Waals surface area contributed by atoms with Crippen molar-refractivity contribution in [1.29, 1.82) is 0 Å². The molecule has 0 saturated carbocycles. The zero-order valence-electron chi connectivity index (χ0n) is 15.0. The van der Waals surface area contributed by atoms with Gasteiger partial charge in [-0.15, -0.1) is 0 Å². The normalized spacial score (nSPS) is 10.7. The summed E-state index contributed by atoms with van der Waals surface area (Å²) in [6.07, 6.45) is 3.34. The summed E-state index contributed by atoms with van der Waals surface area (Å²) in [5.74, 6) is -0.489. The number of rotatable bonds is 7. The molecule has 3 rings (SSSR count). The lowest BCUT2D eigenvalue weighted by Crippen LogP contribution is -2.18. The highest BCUT2D eigenvalue weighted by atomic mass is 16.5. The number of nitrogens with zero attached hydrogens (tertiary/aromatic N) is 3. The van der Waals surface area contributed by atoms with Crippen molar-refractivity contribution in [1.82, 2.24) is 14.3 Å². The Morgan fingerprint density at radius 2 is 1.81 bits per heavy atom. The maximum absolute atomic E-state index is 11.9. The van der Waals surface area contributed by atoms with E-state index in [9.17, 15) is 14.7 Å². The highest BCUT2D eigenvalue weighted by molar-refractivity contribution is 5.90. The lowest BCUT2D eigenvalue weighted by atomic mass is 10.1. The second-order valence-corrected chi connectivity index (χ2v) is 6.05.